The monoisotopic (exact) mass is 432 g/mol. The normalized spacial score (nSPS) is 11.7. The Bertz CT molecular complexity index is 889. The summed E-state index contributed by atoms with van der Waals surface area (Å²) in [7, 11) is -4.26. The van der Waals surface area contributed by atoms with Crippen LogP contribution >= 0.6 is 33.9 Å². The molecule has 1 heterocycles. The summed E-state index contributed by atoms with van der Waals surface area (Å²) in [4.78, 5) is 4.57. The van der Waals surface area contributed by atoms with Crippen molar-refractivity contribution < 1.29 is 13.0 Å². The summed E-state index contributed by atoms with van der Waals surface area (Å²) in [6.45, 7) is 0. The number of rotatable bonds is 3. The molecule has 0 unspecified atom stereocenters. The molecular formula is C13H9IN2O3S2. The molecule has 21 heavy (non-hydrogen) atoms. The summed E-state index contributed by atoms with van der Waals surface area (Å²) < 4.78 is 34.4. The predicted molar refractivity (Wildman–Crippen MR) is 92.9 cm³/mol. The number of nitrogens with one attached hydrogen (secondary N) is 1. The number of aromatic nitrogens is 1. The molecule has 5 nitrogen and oxygen atoms in total. The third-order valence-electron chi connectivity index (χ3n) is 2.74. The van der Waals surface area contributed by atoms with Crippen LogP contribution in [-0.4, -0.2) is 18.0 Å². The minimum Gasteiger partial charge on any atom is -0.269 e. The molecular weight excluding hydrogens is 423 g/mol. The molecule has 0 fully saturated rings. The lowest BCUT2D eigenvalue weighted by Gasteiger charge is -2.05. The van der Waals surface area contributed by atoms with Crippen molar-refractivity contribution in [3.8, 4) is 10.6 Å². The molecule has 0 aliphatic carbocycles. The van der Waals surface area contributed by atoms with E-state index in [-0.39, 0.29) is 0 Å². The van der Waals surface area contributed by atoms with E-state index < -0.39 is 10.3 Å². The van der Waals surface area contributed by atoms with Gasteiger partial charge in [0.15, 0.2) is 0 Å². The van der Waals surface area contributed by atoms with E-state index in [2.05, 4.69) is 27.6 Å². The lowest BCUT2D eigenvalue weighted by Crippen LogP contribution is -2.10. The number of thiazole rings is 1. The molecule has 0 bridgehead atoms. The van der Waals surface area contributed by atoms with Gasteiger partial charge in [0.25, 0.3) is 0 Å². The molecule has 2 aromatic carbocycles. The second-order valence-electron chi connectivity index (χ2n) is 4.26. The van der Waals surface area contributed by atoms with Gasteiger partial charge in [0.2, 0.25) is 0 Å². The van der Waals surface area contributed by atoms with E-state index in [1.165, 1.54) is 0 Å². The third kappa shape index (κ3) is 3.34. The van der Waals surface area contributed by atoms with Crippen LogP contribution in [0.15, 0.2) is 42.5 Å². The van der Waals surface area contributed by atoms with Crippen molar-refractivity contribution in [1.82, 2.24) is 4.98 Å². The standard InChI is InChI=1S/C13H9IN2O3S2/c14-10-7-8(16-21(17,18)19)5-6-9(10)13-15-11-3-1-2-4-12(11)20-13/h1-7,16H,(H,17,18,19). The second kappa shape index (κ2) is 5.52. The number of halogens is 1. The van der Waals surface area contributed by atoms with Gasteiger partial charge < -0.3 is 0 Å². The van der Waals surface area contributed by atoms with Gasteiger partial charge in [0.05, 0.1) is 15.9 Å². The molecule has 0 atom stereocenters. The molecule has 8 heteroatoms. The molecule has 1 aromatic heterocycles. The maximum Gasteiger partial charge on any atom is 0.357 e. The van der Waals surface area contributed by atoms with E-state index in [1.54, 1.807) is 29.5 Å². The lowest BCUT2D eigenvalue weighted by atomic mass is 10.2. The van der Waals surface area contributed by atoms with Gasteiger partial charge in [-0.15, -0.1) is 11.3 Å². The van der Waals surface area contributed by atoms with Gasteiger partial charge in [-0.3, -0.25) is 9.27 Å². The number of hydrogen-bond acceptors (Lipinski definition) is 4. The van der Waals surface area contributed by atoms with Crippen molar-refractivity contribution in [2.45, 2.75) is 0 Å². The van der Waals surface area contributed by atoms with E-state index in [4.69, 9.17) is 4.55 Å². The van der Waals surface area contributed by atoms with Crippen LogP contribution in [-0.2, 0) is 10.3 Å². The smallest absolute Gasteiger partial charge is 0.269 e. The van der Waals surface area contributed by atoms with E-state index in [9.17, 15) is 8.42 Å². The minimum absolute atomic E-state index is 0.312. The SMILES string of the molecule is O=S(=O)(O)Nc1ccc(-c2nc3ccccc3s2)c(I)c1. The van der Waals surface area contributed by atoms with Gasteiger partial charge >= 0.3 is 10.3 Å². The summed E-state index contributed by atoms with van der Waals surface area (Å²) in [5.74, 6) is 0. The van der Waals surface area contributed by atoms with Gasteiger partial charge in [0, 0.05) is 9.13 Å². The Labute approximate surface area is 139 Å². The molecule has 0 spiro atoms. The zero-order valence-electron chi connectivity index (χ0n) is 10.4. The van der Waals surface area contributed by atoms with Crippen LogP contribution in [0.2, 0.25) is 0 Å². The Morgan fingerprint density at radius 3 is 2.62 bits per heavy atom. The van der Waals surface area contributed by atoms with Crippen LogP contribution in [0.3, 0.4) is 0 Å². The summed E-state index contributed by atoms with van der Waals surface area (Å²) in [5.41, 5.74) is 2.18. The number of anilines is 1. The summed E-state index contributed by atoms with van der Waals surface area (Å²) in [6.07, 6.45) is 0. The zero-order valence-corrected chi connectivity index (χ0v) is 14.2. The predicted octanol–water partition coefficient (Wildman–Crippen LogP) is 3.78. The Kier molecular flexibility index (Phi) is 3.86. The van der Waals surface area contributed by atoms with Crippen molar-refractivity contribution in [3.63, 3.8) is 0 Å². The van der Waals surface area contributed by atoms with Crippen molar-refractivity contribution in [3.05, 3.63) is 46.0 Å². The topological polar surface area (TPSA) is 79.3 Å². The first-order valence-electron chi connectivity index (χ1n) is 5.83. The fourth-order valence-electron chi connectivity index (χ4n) is 1.89. The van der Waals surface area contributed by atoms with Gasteiger partial charge in [-0.25, -0.2) is 4.98 Å². The quantitative estimate of drug-likeness (QED) is 0.488. The molecule has 2 N–H and O–H groups in total. The Morgan fingerprint density at radius 1 is 1.19 bits per heavy atom. The first-order valence-corrected chi connectivity index (χ1v) is 9.17. The fourth-order valence-corrected chi connectivity index (χ4v) is 4.27. The second-order valence-corrected chi connectivity index (χ2v) is 7.61. The average Bonchev–Trinajstić information content (AvgIpc) is 2.80. The lowest BCUT2D eigenvalue weighted by molar-refractivity contribution is 0.489. The highest BCUT2D eigenvalue weighted by Crippen LogP contribution is 2.33. The molecule has 108 valence electrons. The van der Waals surface area contributed by atoms with Crippen LogP contribution in [0.1, 0.15) is 0 Å². The molecule has 0 amide bonds. The highest BCUT2D eigenvalue weighted by Gasteiger charge is 2.11. The van der Waals surface area contributed by atoms with Gasteiger partial charge in [-0.1, -0.05) is 12.1 Å². The minimum atomic E-state index is -4.26. The molecule has 3 rings (SSSR count). The van der Waals surface area contributed by atoms with Gasteiger partial charge in [-0.05, 0) is 52.9 Å². The van der Waals surface area contributed by atoms with E-state index in [0.717, 1.165) is 24.4 Å². The van der Waals surface area contributed by atoms with E-state index in [0.29, 0.717) is 5.69 Å². The molecule has 0 saturated heterocycles. The van der Waals surface area contributed by atoms with Crippen LogP contribution < -0.4 is 4.72 Å². The number of nitrogens with zero attached hydrogens (tertiary/aromatic N) is 1. The molecule has 0 aliphatic heterocycles. The van der Waals surface area contributed by atoms with Crippen molar-refractivity contribution in [2.24, 2.45) is 0 Å². The van der Waals surface area contributed by atoms with Crippen LogP contribution in [0.4, 0.5) is 5.69 Å². The number of benzene rings is 2. The van der Waals surface area contributed by atoms with Gasteiger partial charge in [-0.2, -0.15) is 8.42 Å². The maximum atomic E-state index is 10.8. The van der Waals surface area contributed by atoms with Crippen molar-refractivity contribution >= 4 is 60.1 Å². The third-order valence-corrected chi connectivity index (χ3v) is 5.20. The van der Waals surface area contributed by atoms with Crippen molar-refractivity contribution in [2.75, 3.05) is 4.72 Å². The maximum absolute atomic E-state index is 10.8. The summed E-state index contributed by atoms with van der Waals surface area (Å²) in [6, 6.07) is 12.9. The number of hydrogen-bond donors (Lipinski definition) is 2. The Morgan fingerprint density at radius 2 is 1.95 bits per heavy atom. The fraction of sp³-hybridized carbons (Fsp3) is 0. The molecule has 0 saturated carbocycles. The zero-order chi connectivity index (χ0) is 15.0. The van der Waals surface area contributed by atoms with Crippen molar-refractivity contribution in [1.29, 1.82) is 0 Å². The van der Waals surface area contributed by atoms with Crippen LogP contribution in [0.25, 0.3) is 20.8 Å². The van der Waals surface area contributed by atoms with Crippen LogP contribution in [0, 0.1) is 3.57 Å². The molecule has 3 aromatic rings. The first-order chi connectivity index (χ1) is 9.92. The van der Waals surface area contributed by atoms with Crippen LogP contribution in [0.5, 0.6) is 0 Å². The van der Waals surface area contributed by atoms with E-state index >= 15 is 0 Å². The summed E-state index contributed by atoms with van der Waals surface area (Å²) >= 11 is 3.70. The average molecular weight is 432 g/mol. The largest absolute Gasteiger partial charge is 0.357 e. The molecule has 0 radical (unpaired) electrons. The summed E-state index contributed by atoms with van der Waals surface area (Å²) in [5, 5.41) is 0.874. The molecule has 0 aliphatic rings. The van der Waals surface area contributed by atoms with Gasteiger partial charge in [0.1, 0.15) is 5.01 Å². The highest BCUT2D eigenvalue weighted by molar-refractivity contribution is 14.1. The highest BCUT2D eigenvalue weighted by atomic mass is 127. The van der Waals surface area contributed by atoms with E-state index in [1.807, 2.05) is 29.0 Å². The Balaban J connectivity index is 2.02. The number of fused-ring (bicyclic) bond motifs is 1. The first kappa shape index (κ1) is 14.7. The number of para-hydroxylation sites is 1. The Hall–Kier alpha value is -1.23.